The van der Waals surface area contributed by atoms with E-state index in [2.05, 4.69) is 12.2 Å². The van der Waals surface area contributed by atoms with E-state index < -0.39 is 11.6 Å². The molecule has 1 aromatic carbocycles. The average molecular weight is 281 g/mol. The Morgan fingerprint density at radius 2 is 2.20 bits per heavy atom. The van der Waals surface area contributed by atoms with Gasteiger partial charge in [0.15, 0.2) is 11.6 Å². The Labute approximate surface area is 118 Å². The van der Waals surface area contributed by atoms with E-state index in [1.54, 1.807) is 0 Å². The number of piperidine rings is 1. The minimum absolute atomic E-state index is 0.0917. The lowest BCUT2D eigenvalue weighted by Crippen LogP contribution is -2.34. The van der Waals surface area contributed by atoms with E-state index in [1.807, 2.05) is 0 Å². The second-order valence-electron chi connectivity index (χ2n) is 5.75. The molecular formula is C16H21F2NO. The molecule has 1 N–H and O–H groups in total. The Morgan fingerprint density at radius 1 is 1.40 bits per heavy atom. The van der Waals surface area contributed by atoms with Gasteiger partial charge in [-0.15, -0.1) is 0 Å². The summed E-state index contributed by atoms with van der Waals surface area (Å²) in [7, 11) is 0. The van der Waals surface area contributed by atoms with Crippen LogP contribution in [0.15, 0.2) is 18.2 Å². The van der Waals surface area contributed by atoms with E-state index in [4.69, 9.17) is 0 Å². The van der Waals surface area contributed by atoms with E-state index >= 15 is 0 Å². The van der Waals surface area contributed by atoms with Crippen LogP contribution in [0.1, 0.15) is 31.7 Å². The van der Waals surface area contributed by atoms with Crippen LogP contribution in [0.4, 0.5) is 8.78 Å². The van der Waals surface area contributed by atoms with Gasteiger partial charge in [0.05, 0.1) is 0 Å². The molecule has 2 nitrogen and oxygen atoms in total. The molecule has 110 valence electrons. The second kappa shape index (κ2) is 6.93. The number of carbonyl (C=O) groups is 1. The molecule has 1 saturated heterocycles. The SMILES string of the molecule is CC(CC(=O)Cc1ccc(F)c(F)c1)C1CCCNC1. The largest absolute Gasteiger partial charge is 0.316 e. The Hall–Kier alpha value is -1.29. The lowest BCUT2D eigenvalue weighted by Gasteiger charge is -2.28. The van der Waals surface area contributed by atoms with Gasteiger partial charge in [0.1, 0.15) is 5.78 Å². The molecule has 4 heteroatoms. The van der Waals surface area contributed by atoms with Crippen LogP contribution >= 0.6 is 0 Å². The zero-order chi connectivity index (χ0) is 14.5. The predicted molar refractivity (Wildman–Crippen MR) is 74.4 cm³/mol. The van der Waals surface area contributed by atoms with Crippen molar-refractivity contribution in [3.05, 3.63) is 35.4 Å². The summed E-state index contributed by atoms with van der Waals surface area (Å²) in [5, 5.41) is 3.35. The normalized spacial score (nSPS) is 20.6. The van der Waals surface area contributed by atoms with E-state index in [-0.39, 0.29) is 12.2 Å². The van der Waals surface area contributed by atoms with Crippen molar-refractivity contribution >= 4 is 5.78 Å². The number of halogens is 2. The molecule has 0 radical (unpaired) electrons. The second-order valence-corrected chi connectivity index (χ2v) is 5.75. The van der Waals surface area contributed by atoms with Crippen molar-refractivity contribution in [3.8, 4) is 0 Å². The lowest BCUT2D eigenvalue weighted by atomic mass is 9.83. The smallest absolute Gasteiger partial charge is 0.159 e. The number of Topliss-reactive ketones (excluding diaryl/α,β-unsaturated/α-hetero) is 1. The van der Waals surface area contributed by atoms with Gasteiger partial charge < -0.3 is 5.32 Å². The van der Waals surface area contributed by atoms with Crippen molar-refractivity contribution in [1.29, 1.82) is 0 Å². The van der Waals surface area contributed by atoms with Crippen LogP contribution in [-0.4, -0.2) is 18.9 Å². The number of hydrogen-bond donors (Lipinski definition) is 1. The first kappa shape index (κ1) is 15.1. The van der Waals surface area contributed by atoms with Gasteiger partial charge in [0.2, 0.25) is 0 Å². The molecule has 0 amide bonds. The van der Waals surface area contributed by atoms with E-state index in [0.717, 1.165) is 38.1 Å². The number of nitrogens with one attached hydrogen (secondary N) is 1. The van der Waals surface area contributed by atoms with Gasteiger partial charge in [0.25, 0.3) is 0 Å². The van der Waals surface area contributed by atoms with Gasteiger partial charge in [-0.2, -0.15) is 0 Å². The van der Waals surface area contributed by atoms with Gasteiger partial charge >= 0.3 is 0 Å². The van der Waals surface area contributed by atoms with Gasteiger partial charge in [-0.1, -0.05) is 13.0 Å². The van der Waals surface area contributed by atoms with Crippen LogP contribution in [0.2, 0.25) is 0 Å². The maximum Gasteiger partial charge on any atom is 0.159 e. The monoisotopic (exact) mass is 281 g/mol. The summed E-state index contributed by atoms with van der Waals surface area (Å²) in [5.41, 5.74) is 0.544. The summed E-state index contributed by atoms with van der Waals surface area (Å²) >= 11 is 0. The van der Waals surface area contributed by atoms with Gasteiger partial charge in [0, 0.05) is 12.8 Å². The number of rotatable bonds is 5. The van der Waals surface area contributed by atoms with Crippen LogP contribution < -0.4 is 5.32 Å². The molecule has 20 heavy (non-hydrogen) atoms. The summed E-state index contributed by atoms with van der Waals surface area (Å²) in [4.78, 5) is 12.0. The van der Waals surface area contributed by atoms with Gasteiger partial charge in [-0.25, -0.2) is 8.78 Å². The average Bonchev–Trinajstić information content (AvgIpc) is 2.44. The Kier molecular flexibility index (Phi) is 5.24. The number of ketones is 1. The summed E-state index contributed by atoms with van der Waals surface area (Å²) in [6.45, 7) is 4.13. The zero-order valence-electron chi connectivity index (χ0n) is 11.8. The van der Waals surface area contributed by atoms with Gasteiger partial charge in [-0.05, 0) is 55.5 Å². The van der Waals surface area contributed by atoms with Gasteiger partial charge in [-0.3, -0.25) is 4.79 Å². The third kappa shape index (κ3) is 4.10. The maximum absolute atomic E-state index is 13.1. The molecule has 1 aromatic rings. The first-order valence-electron chi connectivity index (χ1n) is 7.22. The fourth-order valence-electron chi connectivity index (χ4n) is 2.84. The highest BCUT2D eigenvalue weighted by atomic mass is 19.2. The van der Waals surface area contributed by atoms with Crippen molar-refractivity contribution in [1.82, 2.24) is 5.32 Å². The third-order valence-electron chi connectivity index (χ3n) is 4.07. The lowest BCUT2D eigenvalue weighted by molar-refractivity contribution is -0.119. The summed E-state index contributed by atoms with van der Waals surface area (Å²) in [5.74, 6) is -0.796. The van der Waals surface area contributed by atoms with E-state index in [0.29, 0.717) is 23.8 Å². The van der Waals surface area contributed by atoms with Crippen molar-refractivity contribution in [2.24, 2.45) is 11.8 Å². The number of benzene rings is 1. The molecule has 1 aliphatic heterocycles. The van der Waals surface area contributed by atoms with Crippen molar-refractivity contribution < 1.29 is 13.6 Å². The van der Waals surface area contributed by atoms with Crippen molar-refractivity contribution in [3.63, 3.8) is 0 Å². The molecule has 0 aliphatic carbocycles. The zero-order valence-corrected chi connectivity index (χ0v) is 11.8. The summed E-state index contributed by atoms with van der Waals surface area (Å²) in [6.07, 6.45) is 3.01. The molecule has 0 bridgehead atoms. The minimum atomic E-state index is -0.889. The van der Waals surface area contributed by atoms with Crippen molar-refractivity contribution in [2.75, 3.05) is 13.1 Å². The quantitative estimate of drug-likeness (QED) is 0.898. The van der Waals surface area contributed by atoms with Crippen LogP contribution in [0.25, 0.3) is 0 Å². The Morgan fingerprint density at radius 3 is 2.85 bits per heavy atom. The molecular weight excluding hydrogens is 260 g/mol. The topological polar surface area (TPSA) is 29.1 Å². The fourth-order valence-corrected chi connectivity index (χ4v) is 2.84. The molecule has 0 aromatic heterocycles. The highest BCUT2D eigenvalue weighted by Crippen LogP contribution is 2.23. The predicted octanol–water partition coefficient (Wildman–Crippen LogP) is 3.10. The molecule has 1 heterocycles. The van der Waals surface area contributed by atoms with Crippen LogP contribution in [0.3, 0.4) is 0 Å². The Bertz CT molecular complexity index is 470. The first-order valence-corrected chi connectivity index (χ1v) is 7.22. The van der Waals surface area contributed by atoms with E-state index in [1.165, 1.54) is 6.07 Å². The molecule has 1 fully saturated rings. The summed E-state index contributed by atoms with van der Waals surface area (Å²) < 4.78 is 25.9. The fraction of sp³-hybridized carbons (Fsp3) is 0.562. The molecule has 2 rings (SSSR count). The number of hydrogen-bond acceptors (Lipinski definition) is 2. The maximum atomic E-state index is 13.1. The number of carbonyl (C=O) groups excluding carboxylic acids is 1. The van der Waals surface area contributed by atoms with Crippen LogP contribution in [0.5, 0.6) is 0 Å². The minimum Gasteiger partial charge on any atom is -0.316 e. The van der Waals surface area contributed by atoms with Crippen LogP contribution in [0, 0.1) is 23.5 Å². The molecule has 1 aliphatic rings. The highest BCUT2D eigenvalue weighted by molar-refractivity contribution is 5.81. The third-order valence-corrected chi connectivity index (χ3v) is 4.07. The van der Waals surface area contributed by atoms with Crippen molar-refractivity contribution in [2.45, 2.75) is 32.6 Å². The summed E-state index contributed by atoms with van der Waals surface area (Å²) in [6, 6.07) is 3.66. The van der Waals surface area contributed by atoms with Crippen LogP contribution in [-0.2, 0) is 11.2 Å². The molecule has 2 atom stereocenters. The van der Waals surface area contributed by atoms with E-state index in [9.17, 15) is 13.6 Å². The molecule has 2 unspecified atom stereocenters. The molecule has 0 saturated carbocycles. The highest BCUT2D eigenvalue weighted by Gasteiger charge is 2.22. The molecule has 0 spiro atoms. The standard InChI is InChI=1S/C16H21F2NO/c1-11(13-3-2-6-19-10-13)7-14(20)8-12-4-5-15(17)16(18)9-12/h4-5,9,11,13,19H,2-3,6-8,10H2,1H3. The Balaban J connectivity index is 1.86. The first-order chi connectivity index (χ1) is 9.56.